The van der Waals surface area contributed by atoms with Gasteiger partial charge in [0.15, 0.2) is 0 Å². The van der Waals surface area contributed by atoms with Gasteiger partial charge in [0.25, 0.3) is 0 Å². The van der Waals surface area contributed by atoms with Crippen molar-refractivity contribution in [2.75, 3.05) is 0 Å². The Morgan fingerprint density at radius 1 is 0.857 bits per heavy atom. The molecule has 0 bridgehead atoms. The normalized spacial score (nSPS) is 11.2. The molecule has 3 aromatic heterocycles. The fraction of sp³-hybridized carbons (Fsp3) is 0.103. The van der Waals surface area contributed by atoms with Crippen LogP contribution in [-0.4, -0.2) is 19.6 Å². The Balaban J connectivity index is 0.00000253. The van der Waals surface area contributed by atoms with Crippen LogP contribution >= 0.6 is 0 Å². The fourth-order valence-electron chi connectivity index (χ4n) is 4.54. The first-order chi connectivity index (χ1) is 16.5. The van der Waals surface area contributed by atoms with Gasteiger partial charge in [-0.2, -0.15) is 6.07 Å². The molecule has 0 spiro atoms. The third kappa shape index (κ3) is 3.96. The maximum Gasteiger partial charge on any atom is 0.220 e. The first-order valence-corrected chi connectivity index (χ1v) is 11.2. The summed E-state index contributed by atoms with van der Waals surface area (Å²) in [5.74, 6) is 1.97. The fourth-order valence-corrected chi connectivity index (χ4v) is 4.54. The number of aromatic hydroxyl groups is 1. The molecule has 1 N–H and O–H groups in total. The van der Waals surface area contributed by atoms with E-state index in [0.717, 1.165) is 49.8 Å². The zero-order chi connectivity index (χ0) is 23.4. The minimum absolute atomic E-state index is 0. The number of hydrogen-bond donors (Lipinski definition) is 1. The molecule has 0 radical (unpaired) electrons. The summed E-state index contributed by atoms with van der Waals surface area (Å²) in [6, 6.07) is 27.4. The number of hydrogen-bond acceptors (Lipinski definition) is 4. The molecule has 5 nitrogen and oxygen atoms in total. The standard InChI is InChI=1S/C29H22N3O2.Pt/c1-17-13-20-15-18(2)29(31-28(20)26(33)14-17)34-21-11-12-23-22-8-4-5-9-24(22)32(25(23)16-21)27-10-6-7-19(3)30-27;/h4-15,33H,1-3H3;/q-1;. The zero-order valence-corrected chi connectivity index (χ0v) is 21.7. The Labute approximate surface area is 217 Å². The van der Waals surface area contributed by atoms with Gasteiger partial charge in [0.05, 0.1) is 0 Å². The molecule has 0 unspecified atom stereocenters. The third-order valence-electron chi connectivity index (χ3n) is 6.05. The van der Waals surface area contributed by atoms with Crippen LogP contribution in [-0.2, 0) is 21.1 Å². The van der Waals surface area contributed by atoms with Crippen molar-refractivity contribution in [1.82, 2.24) is 14.5 Å². The van der Waals surface area contributed by atoms with Gasteiger partial charge in [-0.15, -0.1) is 17.5 Å². The number of pyridine rings is 2. The number of aryl methyl sites for hydroxylation is 3. The summed E-state index contributed by atoms with van der Waals surface area (Å²) in [5, 5.41) is 13.5. The Hall–Kier alpha value is -3.69. The second kappa shape index (κ2) is 8.83. The van der Waals surface area contributed by atoms with Gasteiger partial charge in [0.2, 0.25) is 5.88 Å². The topological polar surface area (TPSA) is 60.2 Å². The first-order valence-electron chi connectivity index (χ1n) is 11.2. The van der Waals surface area contributed by atoms with Crippen LogP contribution in [0.2, 0.25) is 0 Å². The summed E-state index contributed by atoms with van der Waals surface area (Å²) in [4.78, 5) is 9.37. The van der Waals surface area contributed by atoms with Gasteiger partial charge in [-0.25, -0.2) is 9.97 Å². The van der Waals surface area contributed by atoms with Crippen LogP contribution in [0.4, 0.5) is 0 Å². The van der Waals surface area contributed by atoms with Crippen molar-refractivity contribution in [1.29, 1.82) is 0 Å². The molecule has 6 heteroatoms. The van der Waals surface area contributed by atoms with Crippen LogP contribution < -0.4 is 4.74 Å². The molecule has 0 aliphatic rings. The maximum absolute atomic E-state index is 10.4. The molecule has 35 heavy (non-hydrogen) atoms. The summed E-state index contributed by atoms with van der Waals surface area (Å²) in [7, 11) is 0. The van der Waals surface area contributed by atoms with Crippen molar-refractivity contribution < 1.29 is 30.9 Å². The van der Waals surface area contributed by atoms with E-state index < -0.39 is 0 Å². The van der Waals surface area contributed by atoms with Crippen LogP contribution in [0.15, 0.2) is 72.8 Å². The summed E-state index contributed by atoms with van der Waals surface area (Å²) in [6.07, 6.45) is 0. The average Bonchev–Trinajstić information content (AvgIpc) is 3.13. The number of benzene rings is 3. The third-order valence-corrected chi connectivity index (χ3v) is 6.05. The number of phenolic OH excluding ortho intramolecular Hbond substituents is 1. The number of nitrogens with zero attached hydrogens (tertiary/aromatic N) is 3. The van der Waals surface area contributed by atoms with Crippen LogP contribution in [0, 0.1) is 26.8 Å². The van der Waals surface area contributed by atoms with E-state index >= 15 is 0 Å². The largest absolute Gasteiger partial charge is 0.506 e. The molecule has 6 rings (SSSR count). The van der Waals surface area contributed by atoms with Crippen LogP contribution in [0.5, 0.6) is 17.4 Å². The Bertz CT molecular complexity index is 1740. The number of para-hydroxylation sites is 1. The van der Waals surface area contributed by atoms with E-state index in [-0.39, 0.29) is 26.8 Å². The van der Waals surface area contributed by atoms with Crippen molar-refractivity contribution in [3.8, 4) is 23.2 Å². The van der Waals surface area contributed by atoms with E-state index in [9.17, 15) is 5.11 Å². The van der Waals surface area contributed by atoms with Gasteiger partial charge < -0.3 is 14.4 Å². The van der Waals surface area contributed by atoms with Crippen LogP contribution in [0.3, 0.4) is 0 Å². The van der Waals surface area contributed by atoms with E-state index in [2.05, 4.69) is 27.8 Å². The molecule has 0 amide bonds. The monoisotopic (exact) mass is 639 g/mol. The average molecular weight is 640 g/mol. The van der Waals surface area contributed by atoms with Crippen molar-refractivity contribution in [2.45, 2.75) is 20.8 Å². The van der Waals surface area contributed by atoms with E-state index in [0.29, 0.717) is 17.1 Å². The second-order valence-corrected chi connectivity index (χ2v) is 8.64. The number of aromatic nitrogens is 3. The van der Waals surface area contributed by atoms with Gasteiger partial charge in [0, 0.05) is 49.0 Å². The molecule has 0 saturated heterocycles. The molecule has 0 aliphatic carbocycles. The predicted octanol–water partition coefficient (Wildman–Crippen LogP) is 6.95. The molecule has 0 aliphatic heterocycles. The van der Waals surface area contributed by atoms with Crippen molar-refractivity contribution >= 4 is 32.7 Å². The van der Waals surface area contributed by atoms with E-state index in [1.54, 1.807) is 6.07 Å². The smallest absolute Gasteiger partial charge is 0.220 e. The molecule has 3 aromatic carbocycles. The van der Waals surface area contributed by atoms with Crippen molar-refractivity contribution in [2.24, 2.45) is 0 Å². The van der Waals surface area contributed by atoms with Crippen molar-refractivity contribution in [3.63, 3.8) is 0 Å². The molecular weight excluding hydrogens is 617 g/mol. The Morgan fingerprint density at radius 2 is 1.69 bits per heavy atom. The molecule has 176 valence electrons. The number of fused-ring (bicyclic) bond motifs is 4. The van der Waals surface area contributed by atoms with Crippen LogP contribution in [0.25, 0.3) is 38.5 Å². The summed E-state index contributed by atoms with van der Waals surface area (Å²) in [5.41, 5.74) is 5.27. The molecule has 3 heterocycles. The first kappa shape index (κ1) is 23.1. The minimum atomic E-state index is 0. The van der Waals surface area contributed by atoms with Gasteiger partial charge in [-0.1, -0.05) is 29.8 Å². The summed E-state index contributed by atoms with van der Waals surface area (Å²) < 4.78 is 8.32. The van der Waals surface area contributed by atoms with Gasteiger partial charge in [0.1, 0.15) is 17.1 Å². The van der Waals surface area contributed by atoms with Gasteiger partial charge in [-0.05, 0) is 68.1 Å². The van der Waals surface area contributed by atoms with Gasteiger partial charge >= 0.3 is 0 Å². The zero-order valence-electron chi connectivity index (χ0n) is 19.4. The maximum atomic E-state index is 10.4. The summed E-state index contributed by atoms with van der Waals surface area (Å²) >= 11 is 0. The molecular formula is C29H22N3O2Pt-. The second-order valence-electron chi connectivity index (χ2n) is 8.64. The van der Waals surface area contributed by atoms with E-state index in [4.69, 9.17) is 9.72 Å². The Morgan fingerprint density at radius 3 is 2.51 bits per heavy atom. The number of ether oxygens (including phenoxy) is 1. The molecule has 0 saturated carbocycles. The number of phenols is 1. The van der Waals surface area contributed by atoms with E-state index in [1.807, 2.05) is 75.4 Å². The van der Waals surface area contributed by atoms with Crippen molar-refractivity contribution in [3.05, 3.63) is 95.7 Å². The number of rotatable bonds is 3. The molecule has 0 fully saturated rings. The molecule has 6 aromatic rings. The van der Waals surface area contributed by atoms with E-state index in [1.165, 1.54) is 0 Å². The predicted molar refractivity (Wildman–Crippen MR) is 135 cm³/mol. The minimum Gasteiger partial charge on any atom is -0.506 e. The quantitative estimate of drug-likeness (QED) is 0.213. The summed E-state index contributed by atoms with van der Waals surface area (Å²) in [6.45, 7) is 5.89. The van der Waals surface area contributed by atoms with Gasteiger partial charge in [-0.3, -0.25) is 0 Å². The SMILES string of the molecule is Cc1cc(O)c2nc(Oc3[c-]c4c(cc3)c3ccccc3n4-c3cccc(C)n3)c(C)cc2c1.[Pt]. The Kier molecular flexibility index (Phi) is 5.82. The van der Waals surface area contributed by atoms with Crippen LogP contribution in [0.1, 0.15) is 16.8 Å². The molecule has 0 atom stereocenters.